The molecule has 2 aromatic heterocycles. The molecule has 0 unspecified atom stereocenters. The summed E-state index contributed by atoms with van der Waals surface area (Å²) < 4.78 is 0. The Balaban J connectivity index is 2.31. The summed E-state index contributed by atoms with van der Waals surface area (Å²) in [6.45, 7) is 0. The van der Waals surface area contributed by atoms with Gasteiger partial charge in [-0.1, -0.05) is 17.7 Å². The van der Waals surface area contributed by atoms with Gasteiger partial charge in [0.1, 0.15) is 28.9 Å². The van der Waals surface area contributed by atoms with Gasteiger partial charge in [0, 0.05) is 10.9 Å². The minimum absolute atomic E-state index is 0.00277. The van der Waals surface area contributed by atoms with Crippen LogP contribution in [-0.4, -0.2) is 19.9 Å². The largest absolute Gasteiger partial charge is 0.382 e. The molecule has 0 atom stereocenters. The molecule has 3 rings (SSSR count). The number of anilines is 2. The second-order valence-corrected chi connectivity index (χ2v) is 4.56. The molecule has 4 N–H and O–H groups in total. The number of fused-ring (bicyclic) bond motifs is 1. The van der Waals surface area contributed by atoms with Gasteiger partial charge in [-0.05, 0) is 12.1 Å². The van der Waals surface area contributed by atoms with E-state index in [0.29, 0.717) is 27.3 Å². The minimum atomic E-state index is -0.00277. The van der Waals surface area contributed by atoms with E-state index in [0.717, 1.165) is 0 Å². The van der Waals surface area contributed by atoms with Gasteiger partial charge in [0.05, 0.1) is 11.2 Å². The van der Waals surface area contributed by atoms with Gasteiger partial charge in [0.25, 0.3) is 0 Å². The monoisotopic (exact) mass is 297 g/mol. The quantitative estimate of drug-likeness (QED) is 0.655. The van der Waals surface area contributed by atoms with E-state index in [1.807, 2.05) is 6.07 Å². The lowest BCUT2D eigenvalue weighted by atomic mass is 10.1. The van der Waals surface area contributed by atoms with Gasteiger partial charge in [-0.2, -0.15) is 10.2 Å². The lowest BCUT2D eigenvalue weighted by Gasteiger charge is -2.07. The molecular weight excluding hydrogens is 290 g/mol. The lowest BCUT2D eigenvalue weighted by Crippen LogP contribution is -2.05. The normalized spacial score (nSPS) is 10.5. The molecule has 3 aromatic rings. The first-order valence-electron chi connectivity index (χ1n) is 5.84. The Morgan fingerprint density at radius 2 is 1.95 bits per heavy atom. The summed E-state index contributed by atoms with van der Waals surface area (Å²) in [5, 5.41) is 10.2. The molecule has 1 aromatic carbocycles. The Labute approximate surface area is 124 Å². The fourth-order valence-corrected chi connectivity index (χ4v) is 2.18. The molecule has 21 heavy (non-hydrogen) atoms. The van der Waals surface area contributed by atoms with Gasteiger partial charge in [-0.15, -0.1) is 0 Å². The molecule has 0 saturated carbocycles. The molecule has 0 aliphatic heterocycles. The average Bonchev–Trinajstić information content (AvgIpc) is 2.46. The molecule has 0 aliphatic carbocycles. The van der Waals surface area contributed by atoms with Gasteiger partial charge >= 0.3 is 0 Å². The maximum absolute atomic E-state index is 9.22. The third kappa shape index (κ3) is 2.17. The number of aromatic nitrogens is 4. The highest BCUT2D eigenvalue weighted by Crippen LogP contribution is 2.29. The molecule has 0 aliphatic rings. The Kier molecular flexibility index (Phi) is 3.01. The van der Waals surface area contributed by atoms with E-state index in [-0.39, 0.29) is 17.3 Å². The summed E-state index contributed by atoms with van der Waals surface area (Å²) >= 11 is 6.05. The van der Waals surface area contributed by atoms with Crippen LogP contribution < -0.4 is 11.5 Å². The number of nitrogens with two attached hydrogens (primary N) is 2. The molecule has 0 amide bonds. The zero-order valence-corrected chi connectivity index (χ0v) is 11.3. The summed E-state index contributed by atoms with van der Waals surface area (Å²) in [7, 11) is 0. The molecule has 8 heteroatoms. The van der Waals surface area contributed by atoms with Crippen molar-refractivity contribution in [1.82, 2.24) is 19.9 Å². The van der Waals surface area contributed by atoms with Crippen molar-refractivity contribution < 1.29 is 0 Å². The van der Waals surface area contributed by atoms with Crippen molar-refractivity contribution in [2.75, 3.05) is 11.5 Å². The number of hydrogen-bond acceptors (Lipinski definition) is 7. The second-order valence-electron chi connectivity index (χ2n) is 4.20. The third-order valence-electron chi connectivity index (χ3n) is 2.93. The van der Waals surface area contributed by atoms with Gasteiger partial charge in [-0.25, -0.2) is 15.0 Å². The number of nitrogen functional groups attached to an aromatic ring is 2. The van der Waals surface area contributed by atoms with Crippen molar-refractivity contribution in [1.29, 1.82) is 5.26 Å². The van der Waals surface area contributed by atoms with Crippen molar-refractivity contribution in [3.63, 3.8) is 0 Å². The number of nitriles is 1. The highest BCUT2D eigenvalue weighted by atomic mass is 35.5. The number of halogens is 1. The molecule has 7 nitrogen and oxygen atoms in total. The topological polar surface area (TPSA) is 127 Å². The minimum Gasteiger partial charge on any atom is -0.382 e. The van der Waals surface area contributed by atoms with Gasteiger partial charge < -0.3 is 11.5 Å². The van der Waals surface area contributed by atoms with Crippen LogP contribution in [0.15, 0.2) is 24.5 Å². The average molecular weight is 298 g/mol. The highest BCUT2D eigenvalue weighted by molar-refractivity contribution is 6.34. The summed E-state index contributed by atoms with van der Waals surface area (Å²) in [5.41, 5.74) is 13.1. The number of hydrogen-bond donors (Lipinski definition) is 2. The maximum Gasteiger partial charge on any atom is 0.222 e. The van der Waals surface area contributed by atoms with Crippen LogP contribution in [0.4, 0.5) is 11.8 Å². The molecule has 0 fully saturated rings. The van der Waals surface area contributed by atoms with E-state index in [4.69, 9.17) is 23.1 Å². The summed E-state index contributed by atoms with van der Waals surface area (Å²) in [4.78, 5) is 15.9. The van der Waals surface area contributed by atoms with Crippen molar-refractivity contribution in [2.45, 2.75) is 0 Å². The predicted octanol–water partition coefficient (Wildman–Crippen LogP) is 1.78. The van der Waals surface area contributed by atoms with E-state index in [2.05, 4.69) is 19.9 Å². The number of rotatable bonds is 1. The fourth-order valence-electron chi connectivity index (χ4n) is 1.99. The third-order valence-corrected chi connectivity index (χ3v) is 3.23. The Morgan fingerprint density at radius 3 is 2.71 bits per heavy atom. The van der Waals surface area contributed by atoms with Crippen LogP contribution in [0.25, 0.3) is 22.2 Å². The zero-order chi connectivity index (χ0) is 15.0. The number of nitrogens with zero attached hydrogens (tertiary/aromatic N) is 5. The van der Waals surface area contributed by atoms with E-state index >= 15 is 0 Å². The first-order chi connectivity index (χ1) is 10.1. The zero-order valence-electron chi connectivity index (χ0n) is 10.6. The molecule has 0 saturated heterocycles. The van der Waals surface area contributed by atoms with Crippen molar-refractivity contribution in [3.8, 4) is 17.3 Å². The van der Waals surface area contributed by atoms with Crippen LogP contribution in [0.2, 0.25) is 5.15 Å². The Morgan fingerprint density at radius 1 is 1.14 bits per heavy atom. The first-order valence-corrected chi connectivity index (χ1v) is 6.21. The van der Waals surface area contributed by atoms with Crippen molar-refractivity contribution in [2.24, 2.45) is 0 Å². The standard InChI is InChI=1S/C13H8ClN7/c14-11-7-3-6(1-2-9(7)18-5-19-11)10-8(4-15)12(16)21-13(17)20-10/h1-3,5H,(H4,16,17,20,21). The van der Waals surface area contributed by atoms with Crippen LogP contribution in [0.3, 0.4) is 0 Å². The first kappa shape index (κ1) is 13.0. The lowest BCUT2D eigenvalue weighted by molar-refractivity contribution is 1.18. The Bertz CT molecular complexity index is 901. The van der Waals surface area contributed by atoms with E-state index in [1.54, 1.807) is 18.2 Å². The predicted molar refractivity (Wildman–Crippen MR) is 79.1 cm³/mol. The van der Waals surface area contributed by atoms with Crippen LogP contribution in [0.1, 0.15) is 5.56 Å². The Hall–Kier alpha value is -2.98. The second kappa shape index (κ2) is 4.85. The molecule has 0 radical (unpaired) electrons. The van der Waals surface area contributed by atoms with Crippen LogP contribution in [-0.2, 0) is 0 Å². The van der Waals surface area contributed by atoms with E-state index < -0.39 is 0 Å². The van der Waals surface area contributed by atoms with E-state index in [1.165, 1.54) is 6.33 Å². The summed E-state index contributed by atoms with van der Waals surface area (Å²) in [6, 6.07) is 7.23. The maximum atomic E-state index is 9.22. The number of benzene rings is 1. The molecule has 0 spiro atoms. The van der Waals surface area contributed by atoms with Crippen molar-refractivity contribution in [3.05, 3.63) is 35.2 Å². The van der Waals surface area contributed by atoms with E-state index in [9.17, 15) is 5.26 Å². The van der Waals surface area contributed by atoms with Crippen LogP contribution >= 0.6 is 11.6 Å². The fraction of sp³-hybridized carbons (Fsp3) is 0. The highest BCUT2D eigenvalue weighted by Gasteiger charge is 2.14. The summed E-state index contributed by atoms with van der Waals surface area (Å²) in [6.07, 6.45) is 1.38. The molecule has 0 bridgehead atoms. The van der Waals surface area contributed by atoms with Crippen LogP contribution in [0.5, 0.6) is 0 Å². The smallest absolute Gasteiger partial charge is 0.222 e. The van der Waals surface area contributed by atoms with Crippen molar-refractivity contribution >= 4 is 34.3 Å². The van der Waals surface area contributed by atoms with Gasteiger partial charge in [-0.3, -0.25) is 0 Å². The molecular formula is C13H8ClN7. The summed E-state index contributed by atoms with van der Waals surface area (Å²) in [5.74, 6) is 0.0347. The van der Waals surface area contributed by atoms with Gasteiger partial charge in [0.15, 0.2) is 0 Å². The SMILES string of the molecule is N#Cc1c(N)nc(N)nc1-c1ccc2ncnc(Cl)c2c1. The molecule has 2 heterocycles. The van der Waals surface area contributed by atoms with Gasteiger partial charge in [0.2, 0.25) is 5.95 Å². The van der Waals surface area contributed by atoms with Crippen LogP contribution in [0, 0.1) is 11.3 Å². The molecule has 102 valence electrons.